The molecule has 0 amide bonds. The molecule has 0 aliphatic carbocycles. The van der Waals surface area contributed by atoms with Crippen molar-refractivity contribution >= 4 is 11.4 Å². The van der Waals surface area contributed by atoms with Crippen LogP contribution in [0.1, 0.15) is 12.5 Å². The number of allylic oxidation sites excluding steroid dienone is 2. The molecule has 0 bridgehead atoms. The summed E-state index contributed by atoms with van der Waals surface area (Å²) >= 11 is 0. The molecule has 86 valence electrons. The topological polar surface area (TPSA) is 15.6 Å². The van der Waals surface area contributed by atoms with E-state index in [4.69, 9.17) is 0 Å². The van der Waals surface area contributed by atoms with E-state index in [0.717, 1.165) is 23.5 Å². The first kappa shape index (κ1) is 10.3. The second kappa shape index (κ2) is 3.84. The van der Waals surface area contributed by atoms with Gasteiger partial charge in [0.05, 0.1) is 12.6 Å². The molecule has 0 radical (unpaired) electrons. The van der Waals surface area contributed by atoms with Crippen LogP contribution >= 0.6 is 0 Å². The molecule has 2 nitrogen and oxygen atoms in total. The zero-order valence-electron chi connectivity index (χ0n) is 9.60. The average Bonchev–Trinajstić information content (AvgIpc) is 2.72. The van der Waals surface area contributed by atoms with Crippen molar-refractivity contribution in [2.45, 2.75) is 13.0 Å². The lowest BCUT2D eigenvalue weighted by Crippen LogP contribution is -2.30. The highest BCUT2D eigenvalue weighted by atomic mass is 19.1. The van der Waals surface area contributed by atoms with Crippen LogP contribution in [0.25, 0.3) is 5.57 Å². The Kier molecular flexibility index (Phi) is 2.32. The first-order valence-electron chi connectivity index (χ1n) is 5.69. The zero-order valence-corrected chi connectivity index (χ0v) is 9.60. The van der Waals surface area contributed by atoms with Crippen LogP contribution in [0, 0.1) is 5.82 Å². The molecule has 0 spiro atoms. The van der Waals surface area contributed by atoms with E-state index in [9.17, 15) is 4.39 Å². The van der Waals surface area contributed by atoms with E-state index in [1.54, 1.807) is 12.1 Å². The summed E-state index contributed by atoms with van der Waals surface area (Å²) in [6, 6.07) is 6.93. The molecule has 3 heteroatoms. The minimum atomic E-state index is -0.203. The van der Waals surface area contributed by atoms with Crippen LogP contribution in [0.2, 0.25) is 0 Å². The minimum absolute atomic E-state index is 0.203. The van der Waals surface area contributed by atoms with Gasteiger partial charge in [-0.15, -0.1) is 0 Å². The Hall–Kier alpha value is -1.90. The summed E-state index contributed by atoms with van der Waals surface area (Å²) in [5.41, 5.74) is 2.12. The Morgan fingerprint density at radius 2 is 2.06 bits per heavy atom. The largest absolute Gasteiger partial charge is 0.328 e. The maximum absolute atomic E-state index is 12.9. The van der Waals surface area contributed by atoms with Gasteiger partial charge < -0.3 is 4.90 Å². The number of aliphatic imine (C=N–C) groups is 1. The number of hydrogen-bond acceptors (Lipinski definition) is 2. The van der Waals surface area contributed by atoms with Crippen LogP contribution in [0.3, 0.4) is 0 Å². The SMILES string of the molecule is CC1=NCC2C=CC(c3ccc(F)cc3)=CN12. The fraction of sp³-hybridized carbons (Fsp3) is 0.214. The third kappa shape index (κ3) is 1.78. The molecule has 3 rings (SSSR count). The van der Waals surface area contributed by atoms with Gasteiger partial charge >= 0.3 is 0 Å². The van der Waals surface area contributed by atoms with Gasteiger partial charge in [0.2, 0.25) is 0 Å². The number of fused-ring (bicyclic) bond motifs is 1. The first-order valence-corrected chi connectivity index (χ1v) is 5.69. The zero-order chi connectivity index (χ0) is 11.8. The van der Waals surface area contributed by atoms with E-state index in [2.05, 4.69) is 28.2 Å². The minimum Gasteiger partial charge on any atom is -0.328 e. The maximum atomic E-state index is 12.9. The third-order valence-corrected chi connectivity index (χ3v) is 3.19. The van der Waals surface area contributed by atoms with Gasteiger partial charge in [-0.05, 0) is 30.2 Å². The highest BCUT2D eigenvalue weighted by Crippen LogP contribution is 2.25. The summed E-state index contributed by atoms with van der Waals surface area (Å²) in [5.74, 6) is 0.838. The summed E-state index contributed by atoms with van der Waals surface area (Å²) in [6.07, 6.45) is 6.32. The van der Waals surface area contributed by atoms with Crippen LogP contribution in [0.5, 0.6) is 0 Å². The van der Waals surface area contributed by atoms with Crippen LogP contribution in [0.4, 0.5) is 4.39 Å². The Morgan fingerprint density at radius 1 is 1.29 bits per heavy atom. The average molecular weight is 228 g/mol. The molecule has 1 aromatic carbocycles. The molecule has 0 saturated carbocycles. The van der Waals surface area contributed by atoms with E-state index >= 15 is 0 Å². The van der Waals surface area contributed by atoms with Crippen molar-refractivity contribution in [3.8, 4) is 0 Å². The van der Waals surface area contributed by atoms with Gasteiger partial charge in [0, 0.05) is 6.20 Å². The molecule has 2 heterocycles. The van der Waals surface area contributed by atoms with E-state index in [1.807, 2.05) is 6.92 Å². The van der Waals surface area contributed by atoms with Crippen LogP contribution in [-0.4, -0.2) is 23.3 Å². The van der Waals surface area contributed by atoms with E-state index in [0.29, 0.717) is 6.04 Å². The van der Waals surface area contributed by atoms with E-state index in [1.165, 1.54) is 12.1 Å². The van der Waals surface area contributed by atoms with Crippen LogP contribution in [0.15, 0.2) is 47.6 Å². The van der Waals surface area contributed by atoms with Gasteiger partial charge in [-0.1, -0.05) is 24.3 Å². The molecule has 0 aromatic heterocycles. The smallest absolute Gasteiger partial charge is 0.123 e. The number of rotatable bonds is 1. The van der Waals surface area contributed by atoms with Gasteiger partial charge in [0.1, 0.15) is 11.7 Å². The van der Waals surface area contributed by atoms with E-state index in [-0.39, 0.29) is 5.82 Å². The van der Waals surface area contributed by atoms with Crippen molar-refractivity contribution < 1.29 is 4.39 Å². The molecule has 2 aliphatic heterocycles. The summed E-state index contributed by atoms with van der Waals surface area (Å²) in [6.45, 7) is 2.84. The maximum Gasteiger partial charge on any atom is 0.123 e. The Labute approximate surface area is 99.8 Å². The molecule has 17 heavy (non-hydrogen) atoms. The van der Waals surface area contributed by atoms with Crippen molar-refractivity contribution in [2.24, 2.45) is 4.99 Å². The fourth-order valence-corrected chi connectivity index (χ4v) is 2.20. The van der Waals surface area contributed by atoms with Crippen molar-refractivity contribution in [3.05, 3.63) is 54.0 Å². The van der Waals surface area contributed by atoms with Crippen LogP contribution in [-0.2, 0) is 0 Å². The summed E-state index contributed by atoms with van der Waals surface area (Å²) in [5, 5.41) is 0. The predicted octanol–water partition coefficient (Wildman–Crippen LogP) is 2.84. The lowest BCUT2D eigenvalue weighted by atomic mass is 10.0. The second-order valence-corrected chi connectivity index (χ2v) is 4.31. The van der Waals surface area contributed by atoms with Gasteiger partial charge in [-0.3, -0.25) is 4.99 Å². The van der Waals surface area contributed by atoms with Crippen molar-refractivity contribution in [3.63, 3.8) is 0 Å². The number of benzene rings is 1. The molecule has 1 atom stereocenters. The lowest BCUT2D eigenvalue weighted by molar-refractivity contribution is 0.509. The third-order valence-electron chi connectivity index (χ3n) is 3.19. The molecule has 1 aromatic rings. The number of nitrogens with zero attached hydrogens (tertiary/aromatic N) is 2. The summed E-state index contributed by atoms with van der Waals surface area (Å²) in [4.78, 5) is 6.58. The number of amidine groups is 1. The highest BCUT2D eigenvalue weighted by molar-refractivity contribution is 5.87. The van der Waals surface area contributed by atoms with Gasteiger partial charge in [0.25, 0.3) is 0 Å². The summed E-state index contributed by atoms with van der Waals surface area (Å²) < 4.78 is 12.9. The molecule has 1 unspecified atom stereocenters. The van der Waals surface area contributed by atoms with Gasteiger partial charge in [-0.25, -0.2) is 4.39 Å². The lowest BCUT2D eigenvalue weighted by Gasteiger charge is -2.25. The summed E-state index contributed by atoms with van der Waals surface area (Å²) in [7, 11) is 0. The molecule has 0 N–H and O–H groups in total. The van der Waals surface area contributed by atoms with Crippen molar-refractivity contribution in [2.75, 3.05) is 6.54 Å². The molecule has 0 saturated heterocycles. The molecule has 2 aliphatic rings. The van der Waals surface area contributed by atoms with Crippen molar-refractivity contribution in [1.82, 2.24) is 4.90 Å². The molecule has 0 fully saturated rings. The highest BCUT2D eigenvalue weighted by Gasteiger charge is 2.24. The second-order valence-electron chi connectivity index (χ2n) is 4.31. The molecular formula is C14H13FN2. The van der Waals surface area contributed by atoms with E-state index < -0.39 is 0 Å². The normalized spacial score (nSPS) is 22.2. The Balaban J connectivity index is 1.94. The standard InChI is InChI=1S/C14H13FN2/c1-10-16-8-14-7-4-12(9-17(10)14)11-2-5-13(15)6-3-11/h2-7,9,14H,8H2,1H3. The first-order chi connectivity index (χ1) is 8.24. The van der Waals surface area contributed by atoms with Gasteiger partial charge in [0.15, 0.2) is 0 Å². The number of halogens is 1. The molecular weight excluding hydrogens is 215 g/mol. The predicted molar refractivity (Wildman–Crippen MR) is 67.1 cm³/mol. The fourth-order valence-electron chi connectivity index (χ4n) is 2.20. The quantitative estimate of drug-likeness (QED) is 0.721. The Bertz CT molecular complexity index is 526. The van der Waals surface area contributed by atoms with Crippen LogP contribution < -0.4 is 0 Å². The number of hydrogen-bond donors (Lipinski definition) is 0. The monoisotopic (exact) mass is 228 g/mol. The Morgan fingerprint density at radius 3 is 2.82 bits per heavy atom. The van der Waals surface area contributed by atoms with Crippen molar-refractivity contribution in [1.29, 1.82) is 0 Å². The van der Waals surface area contributed by atoms with Gasteiger partial charge in [-0.2, -0.15) is 0 Å².